The molecule has 0 N–H and O–H groups in total. The zero-order valence-electron chi connectivity index (χ0n) is 22.3. The molecule has 9 atom stereocenters. The highest BCUT2D eigenvalue weighted by molar-refractivity contribution is 5.66. The average molecular weight is 453 g/mol. The Hall–Kier alpha value is -1.31. The Morgan fingerprint density at radius 3 is 2.52 bits per heavy atom. The molecule has 0 spiro atoms. The molecule has 184 valence electrons. The summed E-state index contributed by atoms with van der Waals surface area (Å²) in [7, 11) is 0. The maximum Gasteiger partial charge on any atom is 0.303 e. The number of fused-ring (bicyclic) bond motifs is 5. The van der Waals surface area contributed by atoms with Crippen molar-refractivity contribution in [3.8, 4) is 0 Å². The van der Waals surface area contributed by atoms with E-state index >= 15 is 0 Å². The summed E-state index contributed by atoms with van der Waals surface area (Å²) in [6.45, 7) is 16.2. The molecule has 0 aromatic carbocycles. The smallest absolute Gasteiger partial charge is 0.303 e. The van der Waals surface area contributed by atoms with E-state index < -0.39 is 0 Å². The van der Waals surface area contributed by atoms with Crippen LogP contribution in [-0.2, 0) is 9.53 Å². The molecule has 0 saturated heterocycles. The maximum atomic E-state index is 11.5. The van der Waals surface area contributed by atoms with E-state index in [2.05, 4.69) is 71.9 Å². The second-order valence-electron chi connectivity index (χ2n) is 12.7. The monoisotopic (exact) mass is 452 g/mol. The molecule has 0 radical (unpaired) electrons. The van der Waals surface area contributed by atoms with E-state index in [1.807, 2.05) is 0 Å². The highest BCUT2D eigenvalue weighted by atomic mass is 16.5. The number of carbonyl (C=O) groups is 1. The van der Waals surface area contributed by atoms with Crippen molar-refractivity contribution in [3.63, 3.8) is 0 Å². The van der Waals surface area contributed by atoms with E-state index in [9.17, 15) is 4.79 Å². The van der Waals surface area contributed by atoms with Crippen LogP contribution in [0.3, 0.4) is 0 Å². The maximum absolute atomic E-state index is 11.5. The summed E-state index contributed by atoms with van der Waals surface area (Å²) in [5.74, 6) is 5.00. The van der Waals surface area contributed by atoms with Crippen LogP contribution in [0.1, 0.15) is 93.4 Å². The fraction of sp³-hybridized carbons (Fsp3) is 0.774. The Labute approximate surface area is 203 Å². The molecule has 0 aromatic heterocycles. The molecule has 33 heavy (non-hydrogen) atoms. The molecule has 4 rings (SSSR count). The standard InChI is InChI=1S/C31H48O2/c1-8-23(20(2)3)10-9-21(4)27-13-14-28-26-12-11-24-19-25(33-22(5)32)15-17-30(24,6)29(26)16-18-31(27,28)7/h9-12,19-21,23,25-29H,8,13-18H2,1-7H3/b10-9+/t21-,23-,25+,26+,27-,28+,29+,30+,31-/m1/s1. The van der Waals surface area contributed by atoms with Gasteiger partial charge in [0.15, 0.2) is 0 Å². The third-order valence-electron chi connectivity index (χ3n) is 10.6. The quantitative estimate of drug-likeness (QED) is 0.300. The molecule has 2 fully saturated rings. The van der Waals surface area contributed by atoms with Gasteiger partial charge < -0.3 is 4.74 Å². The Balaban J connectivity index is 1.53. The SMILES string of the molecule is CC[C@H](/C=C/[C@@H](C)[C@H]1CC[C@H]2[C@@H]3C=CC4=C[C@@H](OC(C)=O)CC[C@]4(C)[C@H]3CC[C@]12C)C(C)C. The number of carbonyl (C=O) groups excluding carboxylic acids is 1. The van der Waals surface area contributed by atoms with Gasteiger partial charge in [-0.2, -0.15) is 0 Å². The van der Waals surface area contributed by atoms with Gasteiger partial charge in [-0.05, 0) is 109 Å². The van der Waals surface area contributed by atoms with Gasteiger partial charge in [0, 0.05) is 6.92 Å². The van der Waals surface area contributed by atoms with Crippen LogP contribution < -0.4 is 0 Å². The molecular weight excluding hydrogens is 404 g/mol. The number of ether oxygens (including phenoxy) is 1. The van der Waals surface area contributed by atoms with Crippen LogP contribution in [0.4, 0.5) is 0 Å². The molecule has 0 aliphatic heterocycles. The lowest BCUT2D eigenvalue weighted by Gasteiger charge is -2.57. The second-order valence-corrected chi connectivity index (χ2v) is 12.7. The fourth-order valence-corrected chi connectivity index (χ4v) is 8.62. The van der Waals surface area contributed by atoms with Crippen molar-refractivity contribution >= 4 is 5.97 Å². The number of rotatable bonds is 6. The van der Waals surface area contributed by atoms with Crippen LogP contribution in [0.2, 0.25) is 0 Å². The van der Waals surface area contributed by atoms with Gasteiger partial charge in [-0.25, -0.2) is 0 Å². The largest absolute Gasteiger partial charge is 0.458 e. The highest BCUT2D eigenvalue weighted by Gasteiger charge is 2.58. The minimum Gasteiger partial charge on any atom is -0.458 e. The van der Waals surface area contributed by atoms with Crippen molar-refractivity contribution < 1.29 is 9.53 Å². The van der Waals surface area contributed by atoms with Crippen LogP contribution in [0, 0.1) is 52.3 Å². The summed E-state index contributed by atoms with van der Waals surface area (Å²) < 4.78 is 5.55. The molecule has 2 saturated carbocycles. The summed E-state index contributed by atoms with van der Waals surface area (Å²) >= 11 is 0. The van der Waals surface area contributed by atoms with Gasteiger partial charge in [0.05, 0.1) is 0 Å². The van der Waals surface area contributed by atoms with Crippen LogP contribution in [-0.4, -0.2) is 12.1 Å². The lowest BCUT2D eigenvalue weighted by molar-refractivity contribution is -0.145. The van der Waals surface area contributed by atoms with Crippen LogP contribution >= 0.6 is 0 Å². The van der Waals surface area contributed by atoms with E-state index in [1.54, 1.807) is 0 Å². The first kappa shape index (κ1) is 24.8. The van der Waals surface area contributed by atoms with E-state index in [-0.39, 0.29) is 17.5 Å². The van der Waals surface area contributed by atoms with Crippen molar-refractivity contribution in [2.45, 2.75) is 99.5 Å². The van der Waals surface area contributed by atoms with Gasteiger partial charge in [0.1, 0.15) is 6.10 Å². The van der Waals surface area contributed by atoms with Gasteiger partial charge in [-0.3, -0.25) is 4.79 Å². The van der Waals surface area contributed by atoms with E-state index in [4.69, 9.17) is 4.74 Å². The fourth-order valence-electron chi connectivity index (χ4n) is 8.62. The van der Waals surface area contributed by atoms with Gasteiger partial charge in [0.25, 0.3) is 0 Å². The van der Waals surface area contributed by atoms with Crippen LogP contribution in [0.15, 0.2) is 36.0 Å². The first-order chi connectivity index (χ1) is 15.6. The number of hydrogen-bond acceptors (Lipinski definition) is 2. The van der Waals surface area contributed by atoms with Gasteiger partial charge in [-0.1, -0.05) is 65.8 Å². The first-order valence-corrected chi connectivity index (χ1v) is 13.9. The summed E-state index contributed by atoms with van der Waals surface area (Å²) in [6.07, 6.45) is 21.1. The summed E-state index contributed by atoms with van der Waals surface area (Å²) in [5.41, 5.74) is 2.13. The number of hydrogen-bond donors (Lipinski definition) is 0. The van der Waals surface area contributed by atoms with E-state index in [0.29, 0.717) is 23.2 Å². The molecule has 0 bridgehead atoms. The first-order valence-electron chi connectivity index (χ1n) is 13.9. The molecule has 4 aliphatic rings. The predicted molar refractivity (Wildman–Crippen MR) is 138 cm³/mol. The molecule has 0 unspecified atom stereocenters. The average Bonchev–Trinajstić information content (AvgIpc) is 3.11. The van der Waals surface area contributed by atoms with Crippen LogP contribution in [0.5, 0.6) is 0 Å². The summed E-state index contributed by atoms with van der Waals surface area (Å²) in [4.78, 5) is 11.5. The van der Waals surface area contributed by atoms with Crippen molar-refractivity contribution in [1.29, 1.82) is 0 Å². The Morgan fingerprint density at radius 2 is 1.85 bits per heavy atom. The Morgan fingerprint density at radius 1 is 1.09 bits per heavy atom. The van der Waals surface area contributed by atoms with E-state index in [1.165, 1.54) is 44.6 Å². The third-order valence-corrected chi connectivity index (χ3v) is 10.6. The molecule has 2 nitrogen and oxygen atoms in total. The number of esters is 1. The lowest BCUT2D eigenvalue weighted by Crippen LogP contribution is -2.49. The van der Waals surface area contributed by atoms with E-state index in [0.717, 1.165) is 36.5 Å². The molecule has 0 amide bonds. The van der Waals surface area contributed by atoms with Crippen molar-refractivity contribution in [1.82, 2.24) is 0 Å². The lowest BCUT2D eigenvalue weighted by atomic mass is 9.48. The Kier molecular flexibility index (Phi) is 7.05. The van der Waals surface area contributed by atoms with Gasteiger partial charge in [-0.15, -0.1) is 0 Å². The molecular formula is C31H48O2. The zero-order chi connectivity index (χ0) is 24.0. The van der Waals surface area contributed by atoms with Gasteiger partial charge >= 0.3 is 5.97 Å². The zero-order valence-corrected chi connectivity index (χ0v) is 22.3. The minimum atomic E-state index is -0.162. The van der Waals surface area contributed by atoms with Crippen molar-refractivity contribution in [2.24, 2.45) is 52.3 Å². The third kappa shape index (κ3) is 4.41. The highest BCUT2D eigenvalue weighted by Crippen LogP contribution is 2.66. The molecule has 0 heterocycles. The summed E-state index contributed by atoms with van der Waals surface area (Å²) in [6, 6.07) is 0. The Bertz CT molecular complexity index is 819. The number of allylic oxidation sites excluding steroid dienone is 5. The van der Waals surface area contributed by atoms with Crippen LogP contribution in [0.25, 0.3) is 0 Å². The normalized spacial score (nSPS) is 41.8. The molecule has 2 heteroatoms. The second kappa shape index (κ2) is 9.38. The molecule has 4 aliphatic carbocycles. The van der Waals surface area contributed by atoms with Gasteiger partial charge in [0.2, 0.25) is 0 Å². The topological polar surface area (TPSA) is 26.3 Å². The van der Waals surface area contributed by atoms with Crippen molar-refractivity contribution in [3.05, 3.63) is 36.0 Å². The molecule has 0 aromatic rings. The predicted octanol–water partition coefficient (Wildman–Crippen LogP) is 8.15. The summed E-state index contributed by atoms with van der Waals surface area (Å²) in [5, 5.41) is 0. The van der Waals surface area contributed by atoms with Crippen molar-refractivity contribution in [2.75, 3.05) is 0 Å². The minimum absolute atomic E-state index is 0.0399.